The standard InChI is InChI=1S/C17H24FNO4/c1-11-8-9-12(10-13(11)18)19(14(20)22-16(2,3)4)15(21)23-17(5,6)7/h8-10H,1-7H3. The number of anilines is 1. The summed E-state index contributed by atoms with van der Waals surface area (Å²) < 4.78 is 24.3. The van der Waals surface area contributed by atoms with Gasteiger partial charge in [0.05, 0.1) is 5.69 Å². The fraction of sp³-hybridized carbons (Fsp3) is 0.529. The molecule has 5 nitrogen and oxygen atoms in total. The number of halogens is 1. The molecule has 0 fully saturated rings. The number of rotatable bonds is 1. The van der Waals surface area contributed by atoms with E-state index in [-0.39, 0.29) is 5.69 Å². The molecule has 0 aliphatic heterocycles. The molecule has 1 rings (SSSR count). The van der Waals surface area contributed by atoms with Crippen LogP contribution in [0.5, 0.6) is 0 Å². The van der Waals surface area contributed by atoms with Crippen LogP contribution in [0.3, 0.4) is 0 Å². The fourth-order valence-corrected chi connectivity index (χ4v) is 1.62. The lowest BCUT2D eigenvalue weighted by Gasteiger charge is -2.28. The van der Waals surface area contributed by atoms with Crippen molar-refractivity contribution in [3.8, 4) is 0 Å². The van der Waals surface area contributed by atoms with Crippen molar-refractivity contribution in [2.45, 2.75) is 59.7 Å². The van der Waals surface area contributed by atoms with Gasteiger partial charge in [-0.2, -0.15) is 4.90 Å². The van der Waals surface area contributed by atoms with E-state index in [0.717, 1.165) is 6.07 Å². The number of aryl methyl sites for hydroxylation is 1. The molecular formula is C17H24FNO4. The van der Waals surface area contributed by atoms with Crippen LogP contribution in [0.25, 0.3) is 0 Å². The first kappa shape index (κ1) is 18.9. The van der Waals surface area contributed by atoms with Crippen LogP contribution in [-0.4, -0.2) is 23.4 Å². The Labute approximate surface area is 136 Å². The molecule has 0 heterocycles. The second-order valence-corrected chi connectivity index (χ2v) is 7.23. The van der Waals surface area contributed by atoms with Crippen molar-refractivity contribution in [1.82, 2.24) is 0 Å². The second kappa shape index (κ2) is 6.56. The average molecular weight is 325 g/mol. The first-order chi connectivity index (χ1) is 10.3. The molecule has 0 atom stereocenters. The smallest absolute Gasteiger partial charge is 0.424 e. The van der Waals surface area contributed by atoms with E-state index in [4.69, 9.17) is 9.47 Å². The van der Waals surface area contributed by atoms with Gasteiger partial charge in [0.15, 0.2) is 0 Å². The van der Waals surface area contributed by atoms with Crippen LogP contribution in [0, 0.1) is 12.7 Å². The minimum absolute atomic E-state index is 0.0524. The minimum atomic E-state index is -0.921. The molecule has 0 aromatic heterocycles. The predicted octanol–water partition coefficient (Wildman–Crippen LogP) is 4.81. The van der Waals surface area contributed by atoms with Crippen LogP contribution >= 0.6 is 0 Å². The third-order valence-corrected chi connectivity index (χ3v) is 2.57. The summed E-state index contributed by atoms with van der Waals surface area (Å²) in [5.74, 6) is -0.528. The summed E-state index contributed by atoms with van der Waals surface area (Å²) in [6.07, 6.45) is -1.84. The first-order valence-electron chi connectivity index (χ1n) is 7.32. The number of carbonyl (C=O) groups is 2. The van der Waals surface area contributed by atoms with Crippen molar-refractivity contribution in [2.24, 2.45) is 0 Å². The molecule has 0 spiro atoms. The van der Waals surface area contributed by atoms with Crippen molar-refractivity contribution >= 4 is 17.9 Å². The molecule has 0 saturated heterocycles. The van der Waals surface area contributed by atoms with Crippen LogP contribution in [0.1, 0.15) is 47.1 Å². The molecule has 1 aromatic rings. The van der Waals surface area contributed by atoms with Gasteiger partial charge in [0.2, 0.25) is 0 Å². The van der Waals surface area contributed by atoms with Gasteiger partial charge in [-0.15, -0.1) is 0 Å². The summed E-state index contributed by atoms with van der Waals surface area (Å²) in [7, 11) is 0. The summed E-state index contributed by atoms with van der Waals surface area (Å²) in [5, 5.41) is 0. The molecular weight excluding hydrogens is 301 g/mol. The van der Waals surface area contributed by atoms with Crippen LogP contribution in [-0.2, 0) is 9.47 Å². The van der Waals surface area contributed by atoms with Gasteiger partial charge in [-0.25, -0.2) is 14.0 Å². The van der Waals surface area contributed by atoms with E-state index in [1.54, 1.807) is 48.5 Å². The van der Waals surface area contributed by atoms with Gasteiger partial charge >= 0.3 is 12.2 Å². The Morgan fingerprint density at radius 2 is 1.39 bits per heavy atom. The van der Waals surface area contributed by atoms with Crippen LogP contribution in [0.4, 0.5) is 19.7 Å². The normalized spacial score (nSPS) is 11.8. The Bertz CT molecular complexity index is 572. The molecule has 128 valence electrons. The van der Waals surface area contributed by atoms with Gasteiger partial charge in [0.1, 0.15) is 17.0 Å². The third-order valence-electron chi connectivity index (χ3n) is 2.57. The first-order valence-corrected chi connectivity index (χ1v) is 7.32. The fourth-order valence-electron chi connectivity index (χ4n) is 1.62. The van der Waals surface area contributed by atoms with Crippen LogP contribution < -0.4 is 4.90 Å². The van der Waals surface area contributed by atoms with E-state index in [1.807, 2.05) is 0 Å². The molecule has 0 aliphatic carbocycles. The van der Waals surface area contributed by atoms with Gasteiger partial charge in [0, 0.05) is 0 Å². The average Bonchev–Trinajstić information content (AvgIpc) is 2.29. The van der Waals surface area contributed by atoms with E-state index in [1.165, 1.54) is 12.1 Å². The molecule has 0 unspecified atom stereocenters. The Kier molecular flexibility index (Phi) is 5.40. The summed E-state index contributed by atoms with van der Waals surface area (Å²) >= 11 is 0. The lowest BCUT2D eigenvalue weighted by molar-refractivity contribution is 0.0430. The van der Waals surface area contributed by atoms with Crippen molar-refractivity contribution in [3.05, 3.63) is 29.6 Å². The van der Waals surface area contributed by atoms with Gasteiger partial charge in [-0.1, -0.05) is 6.07 Å². The molecule has 0 radical (unpaired) electrons. The van der Waals surface area contributed by atoms with E-state index in [2.05, 4.69) is 0 Å². The summed E-state index contributed by atoms with van der Waals surface area (Å²) in [6, 6.07) is 4.04. The van der Waals surface area contributed by atoms with Gasteiger partial charge < -0.3 is 9.47 Å². The van der Waals surface area contributed by atoms with Gasteiger partial charge in [-0.3, -0.25) is 0 Å². The molecule has 23 heavy (non-hydrogen) atoms. The number of amides is 2. The molecule has 6 heteroatoms. The molecule has 0 saturated carbocycles. The van der Waals surface area contributed by atoms with Crippen LogP contribution in [0.2, 0.25) is 0 Å². The lowest BCUT2D eigenvalue weighted by atomic mass is 10.2. The summed E-state index contributed by atoms with van der Waals surface area (Å²) in [4.78, 5) is 25.4. The molecule has 2 amide bonds. The summed E-state index contributed by atoms with van der Waals surface area (Å²) in [6.45, 7) is 11.6. The Morgan fingerprint density at radius 3 is 1.74 bits per heavy atom. The third kappa shape index (κ3) is 5.88. The highest BCUT2D eigenvalue weighted by molar-refractivity contribution is 6.09. The number of benzene rings is 1. The van der Waals surface area contributed by atoms with Gasteiger partial charge in [-0.05, 0) is 66.2 Å². The maximum atomic E-state index is 13.8. The van der Waals surface area contributed by atoms with Crippen molar-refractivity contribution in [2.75, 3.05) is 4.90 Å². The number of ether oxygens (including phenoxy) is 2. The van der Waals surface area contributed by atoms with E-state index in [9.17, 15) is 14.0 Å². The second-order valence-electron chi connectivity index (χ2n) is 7.23. The minimum Gasteiger partial charge on any atom is -0.443 e. The molecule has 1 aromatic carbocycles. The zero-order valence-electron chi connectivity index (χ0n) is 14.7. The largest absolute Gasteiger partial charge is 0.443 e. The Hall–Kier alpha value is -2.11. The Morgan fingerprint density at radius 1 is 0.957 bits per heavy atom. The quantitative estimate of drug-likeness (QED) is 0.743. The van der Waals surface area contributed by atoms with Crippen molar-refractivity contribution < 1.29 is 23.5 Å². The highest BCUT2D eigenvalue weighted by atomic mass is 19.1. The topological polar surface area (TPSA) is 55.8 Å². The predicted molar refractivity (Wildman–Crippen MR) is 86.1 cm³/mol. The number of nitrogens with zero attached hydrogens (tertiary/aromatic N) is 1. The van der Waals surface area contributed by atoms with E-state index < -0.39 is 29.2 Å². The Balaban J connectivity index is 3.22. The molecule has 0 N–H and O–H groups in total. The van der Waals surface area contributed by atoms with Gasteiger partial charge in [0.25, 0.3) is 0 Å². The highest BCUT2D eigenvalue weighted by Crippen LogP contribution is 2.23. The SMILES string of the molecule is Cc1ccc(N(C(=O)OC(C)(C)C)C(=O)OC(C)(C)C)cc1F. The highest BCUT2D eigenvalue weighted by Gasteiger charge is 2.32. The zero-order chi connectivity index (χ0) is 18.0. The maximum absolute atomic E-state index is 13.8. The van der Waals surface area contributed by atoms with Crippen LogP contribution in [0.15, 0.2) is 18.2 Å². The number of hydrogen-bond donors (Lipinski definition) is 0. The van der Waals surface area contributed by atoms with Crippen molar-refractivity contribution in [3.63, 3.8) is 0 Å². The number of imide groups is 1. The number of carbonyl (C=O) groups excluding carboxylic acids is 2. The lowest BCUT2D eigenvalue weighted by Crippen LogP contribution is -2.43. The van der Waals surface area contributed by atoms with Crippen molar-refractivity contribution in [1.29, 1.82) is 0 Å². The van der Waals surface area contributed by atoms with E-state index in [0.29, 0.717) is 10.5 Å². The maximum Gasteiger partial charge on any atom is 0.424 e. The number of hydrogen-bond acceptors (Lipinski definition) is 4. The zero-order valence-corrected chi connectivity index (χ0v) is 14.7. The molecule has 0 bridgehead atoms. The van der Waals surface area contributed by atoms with E-state index >= 15 is 0 Å². The summed E-state index contributed by atoms with van der Waals surface area (Å²) in [5.41, 5.74) is -1.15. The monoisotopic (exact) mass is 325 g/mol. The molecule has 0 aliphatic rings.